The number of carbonyl (C=O) groups excluding carboxylic acids is 1. The zero-order chi connectivity index (χ0) is 23.1. The maximum Gasteiger partial charge on any atom is 0.417 e. The fourth-order valence-electron chi connectivity index (χ4n) is 3.61. The third-order valence-electron chi connectivity index (χ3n) is 5.16. The molecule has 32 heavy (non-hydrogen) atoms. The molecule has 0 radical (unpaired) electrons. The molecule has 6 nitrogen and oxygen atoms in total. The van der Waals surface area contributed by atoms with Gasteiger partial charge in [0.25, 0.3) is 5.91 Å². The van der Waals surface area contributed by atoms with E-state index in [1.54, 1.807) is 36.5 Å². The van der Waals surface area contributed by atoms with Crippen LogP contribution < -0.4 is 10.6 Å². The number of benzene rings is 1. The molecule has 9 heteroatoms. The molecule has 0 unspecified atom stereocenters. The zero-order valence-corrected chi connectivity index (χ0v) is 17.6. The van der Waals surface area contributed by atoms with Crippen molar-refractivity contribution in [2.45, 2.75) is 44.4 Å². The van der Waals surface area contributed by atoms with Crippen LogP contribution in [0.25, 0.3) is 0 Å². The normalized spacial score (nSPS) is 19.2. The van der Waals surface area contributed by atoms with Crippen LogP contribution in [0.2, 0.25) is 0 Å². The number of nitrogens with one attached hydrogen (secondary N) is 2. The van der Waals surface area contributed by atoms with Crippen molar-refractivity contribution in [2.75, 3.05) is 5.32 Å². The highest BCUT2D eigenvalue weighted by atomic mass is 19.4. The average Bonchev–Trinajstić information content (AvgIpc) is 3.20. The fourth-order valence-corrected chi connectivity index (χ4v) is 3.61. The number of amides is 1. The second-order valence-corrected chi connectivity index (χ2v) is 7.33. The van der Waals surface area contributed by atoms with Gasteiger partial charge >= 0.3 is 6.18 Å². The molecule has 0 aliphatic heterocycles. The Bertz CT molecular complexity index is 1020. The summed E-state index contributed by atoms with van der Waals surface area (Å²) < 4.78 is 38.2. The minimum atomic E-state index is -4.43. The topological polar surface area (TPSA) is 78.7 Å². The Morgan fingerprint density at radius 3 is 2.50 bits per heavy atom. The van der Waals surface area contributed by atoms with Crippen molar-refractivity contribution in [1.29, 1.82) is 0 Å². The molecule has 0 spiro atoms. The number of carbonyl (C=O) groups is 1. The van der Waals surface area contributed by atoms with Crippen molar-refractivity contribution in [2.24, 2.45) is 9.98 Å². The lowest BCUT2D eigenvalue weighted by Crippen LogP contribution is -2.43. The quantitative estimate of drug-likeness (QED) is 0.495. The number of aromatic nitrogens is 1. The number of aliphatic imine (C=N–C) groups is 2. The van der Waals surface area contributed by atoms with Crippen LogP contribution in [-0.2, 0) is 6.18 Å². The van der Waals surface area contributed by atoms with Crippen LogP contribution in [0.4, 0.5) is 19.0 Å². The Morgan fingerprint density at radius 1 is 1.16 bits per heavy atom. The minimum Gasteiger partial charge on any atom is -0.365 e. The van der Waals surface area contributed by atoms with Gasteiger partial charge in [-0.3, -0.25) is 4.79 Å². The molecule has 2 aromatic rings. The smallest absolute Gasteiger partial charge is 0.365 e. The number of anilines is 1. The van der Waals surface area contributed by atoms with Gasteiger partial charge in [0.2, 0.25) is 0 Å². The van der Waals surface area contributed by atoms with Crippen molar-refractivity contribution in [3.05, 3.63) is 71.6 Å². The molecular weight excluding hydrogens is 419 g/mol. The number of hydrogen-bond donors (Lipinski definition) is 2. The number of alkyl halides is 3. The summed E-state index contributed by atoms with van der Waals surface area (Å²) in [4.78, 5) is 25.1. The minimum absolute atomic E-state index is 0.149. The second kappa shape index (κ2) is 10.2. The van der Waals surface area contributed by atoms with Crippen molar-refractivity contribution in [1.82, 2.24) is 10.3 Å². The molecule has 1 aliphatic carbocycles. The van der Waals surface area contributed by atoms with E-state index in [0.29, 0.717) is 22.8 Å². The first kappa shape index (κ1) is 23.2. The third-order valence-corrected chi connectivity index (χ3v) is 5.16. The van der Waals surface area contributed by atoms with E-state index in [1.165, 1.54) is 6.07 Å². The lowest BCUT2D eigenvalue weighted by Gasteiger charge is -2.23. The van der Waals surface area contributed by atoms with Crippen LogP contribution in [0, 0.1) is 0 Å². The summed E-state index contributed by atoms with van der Waals surface area (Å²) in [6, 6.07) is 8.93. The highest BCUT2D eigenvalue weighted by Crippen LogP contribution is 2.29. The van der Waals surface area contributed by atoms with Gasteiger partial charge in [0.05, 0.1) is 11.1 Å². The van der Waals surface area contributed by atoms with Crippen LogP contribution in [0.15, 0.2) is 64.9 Å². The Balaban J connectivity index is 1.73. The van der Waals surface area contributed by atoms with Crippen LogP contribution in [0.3, 0.4) is 0 Å². The number of allylic oxidation sites excluding steroid dienone is 1. The van der Waals surface area contributed by atoms with Crippen LogP contribution >= 0.6 is 0 Å². The lowest BCUT2D eigenvalue weighted by atomic mass is 10.0. The molecule has 2 atom stereocenters. The van der Waals surface area contributed by atoms with Gasteiger partial charge in [-0.2, -0.15) is 13.2 Å². The SMILES string of the molecule is C=N/C(=N\C=C/C)c1ccccc1C(=O)N[C@@H]1CCC[C@@H]1Nc1ccc(C(F)(F)F)cn1. The molecule has 1 aromatic heterocycles. The molecule has 1 aromatic carbocycles. The Kier molecular flexibility index (Phi) is 7.40. The maximum atomic E-state index is 13.1. The van der Waals surface area contributed by atoms with E-state index in [-0.39, 0.29) is 18.0 Å². The first-order valence-corrected chi connectivity index (χ1v) is 10.2. The van der Waals surface area contributed by atoms with Gasteiger partial charge in [0.1, 0.15) is 5.82 Å². The number of hydrogen-bond acceptors (Lipinski definition) is 4. The highest BCUT2D eigenvalue weighted by Gasteiger charge is 2.32. The van der Waals surface area contributed by atoms with E-state index in [9.17, 15) is 18.0 Å². The molecule has 1 amide bonds. The van der Waals surface area contributed by atoms with E-state index in [2.05, 4.69) is 32.3 Å². The monoisotopic (exact) mass is 443 g/mol. The molecular formula is C23H24F3N5O. The first-order valence-electron chi connectivity index (χ1n) is 10.2. The molecule has 0 bridgehead atoms. The molecule has 1 saturated carbocycles. The Hall–Kier alpha value is -3.49. The van der Waals surface area contributed by atoms with Crippen LogP contribution in [0.1, 0.15) is 47.7 Å². The Labute approximate surface area is 184 Å². The summed E-state index contributed by atoms with van der Waals surface area (Å²) in [5, 5.41) is 6.18. The number of nitrogens with zero attached hydrogens (tertiary/aromatic N) is 3. The predicted molar refractivity (Wildman–Crippen MR) is 119 cm³/mol. The summed E-state index contributed by atoms with van der Waals surface area (Å²) in [5.74, 6) is 0.390. The van der Waals surface area contributed by atoms with Gasteiger partial charge < -0.3 is 10.6 Å². The van der Waals surface area contributed by atoms with Crippen LogP contribution in [-0.4, -0.2) is 35.5 Å². The molecule has 1 heterocycles. The standard InChI is InChI=1S/C23H24F3N5O/c1-3-13-28-21(27-2)16-7-4-5-8-17(16)22(32)31-19-10-6-9-18(19)30-20-12-11-15(14-29-20)23(24,25)26/h3-5,7-8,11-14,18-19H,2,6,9-10H2,1H3,(H,29,30)(H,31,32)/b13-3-,28-21-/t18-,19+/m0/s1. The third kappa shape index (κ3) is 5.60. The van der Waals surface area contributed by atoms with Crippen molar-refractivity contribution < 1.29 is 18.0 Å². The van der Waals surface area contributed by atoms with Gasteiger partial charge in [-0.25, -0.2) is 15.0 Å². The Morgan fingerprint density at radius 2 is 1.88 bits per heavy atom. The highest BCUT2D eigenvalue weighted by molar-refractivity contribution is 6.10. The first-order chi connectivity index (χ1) is 15.3. The largest absolute Gasteiger partial charge is 0.417 e. The number of amidine groups is 1. The van der Waals surface area contributed by atoms with Crippen molar-refractivity contribution in [3.63, 3.8) is 0 Å². The fraction of sp³-hybridized carbons (Fsp3) is 0.304. The zero-order valence-electron chi connectivity index (χ0n) is 17.6. The summed E-state index contributed by atoms with van der Waals surface area (Å²) in [7, 11) is 0. The van der Waals surface area contributed by atoms with Crippen LogP contribution in [0.5, 0.6) is 0 Å². The van der Waals surface area contributed by atoms with E-state index in [1.807, 2.05) is 6.92 Å². The number of pyridine rings is 1. The average molecular weight is 443 g/mol. The van der Waals surface area contributed by atoms with Gasteiger partial charge in [-0.05, 0) is 51.1 Å². The van der Waals surface area contributed by atoms with Gasteiger partial charge in [-0.15, -0.1) is 0 Å². The molecule has 3 rings (SSSR count). The van der Waals surface area contributed by atoms with E-state index < -0.39 is 11.7 Å². The van der Waals surface area contributed by atoms with Gasteiger partial charge in [-0.1, -0.05) is 24.3 Å². The van der Waals surface area contributed by atoms with Crippen molar-refractivity contribution >= 4 is 24.3 Å². The number of halogens is 3. The van der Waals surface area contributed by atoms with Crippen molar-refractivity contribution in [3.8, 4) is 0 Å². The molecule has 2 N–H and O–H groups in total. The summed E-state index contributed by atoms with van der Waals surface area (Å²) >= 11 is 0. The summed E-state index contributed by atoms with van der Waals surface area (Å²) in [6.07, 6.45) is 2.06. The predicted octanol–water partition coefficient (Wildman–Crippen LogP) is 4.84. The van der Waals surface area contributed by atoms with E-state index in [4.69, 9.17) is 0 Å². The maximum absolute atomic E-state index is 13.1. The van der Waals surface area contributed by atoms with E-state index in [0.717, 1.165) is 31.5 Å². The summed E-state index contributed by atoms with van der Waals surface area (Å²) in [5.41, 5.74) is 0.175. The number of rotatable bonds is 6. The molecule has 1 fully saturated rings. The second-order valence-electron chi connectivity index (χ2n) is 7.33. The lowest BCUT2D eigenvalue weighted by molar-refractivity contribution is -0.137. The summed E-state index contributed by atoms with van der Waals surface area (Å²) in [6.45, 7) is 5.36. The molecule has 0 saturated heterocycles. The van der Waals surface area contributed by atoms with Gasteiger partial charge in [0, 0.05) is 30.0 Å². The van der Waals surface area contributed by atoms with E-state index >= 15 is 0 Å². The van der Waals surface area contributed by atoms with Gasteiger partial charge in [0.15, 0.2) is 5.84 Å². The molecule has 168 valence electrons. The molecule has 1 aliphatic rings.